The van der Waals surface area contributed by atoms with Gasteiger partial charge in [0, 0.05) is 11.3 Å². The second-order valence-electron chi connectivity index (χ2n) is 3.62. The minimum absolute atomic E-state index is 0.534. The number of rotatable bonds is 1. The van der Waals surface area contributed by atoms with Gasteiger partial charge in [0.05, 0.1) is 5.69 Å². The third-order valence-electron chi connectivity index (χ3n) is 2.19. The van der Waals surface area contributed by atoms with Crippen molar-refractivity contribution in [3.05, 3.63) is 46.4 Å². The lowest BCUT2D eigenvalue weighted by atomic mass is 10.1. The van der Waals surface area contributed by atoms with Gasteiger partial charge in [-0.1, -0.05) is 23.8 Å². The smallest absolute Gasteiger partial charge is 0.197 e. The molecule has 1 N–H and O–H groups in total. The Balaban J connectivity index is 2.59. The highest BCUT2D eigenvalue weighted by atomic mass is 32.1. The Kier molecular flexibility index (Phi) is 2.64. The summed E-state index contributed by atoms with van der Waals surface area (Å²) in [5.74, 6) is 0. The number of H-pyrrole nitrogens is 1. The Morgan fingerprint density at radius 2 is 2.00 bits per heavy atom. The Bertz CT molecular complexity index is 543. The first-order chi connectivity index (χ1) is 7.15. The van der Waals surface area contributed by atoms with Crippen LogP contribution in [0.25, 0.3) is 11.3 Å². The molecule has 2 nitrogen and oxygen atoms in total. The first-order valence-electron chi connectivity index (χ1n) is 4.80. The average molecular weight is 216 g/mol. The lowest BCUT2D eigenvalue weighted by Crippen LogP contribution is -1.90. The molecular formula is C12H12N2S. The Morgan fingerprint density at radius 3 is 2.67 bits per heavy atom. The summed E-state index contributed by atoms with van der Waals surface area (Å²) in [7, 11) is 0. The molecule has 0 fully saturated rings. The number of nitrogens with one attached hydrogen (secondary N) is 1. The van der Waals surface area contributed by atoms with E-state index in [1.54, 1.807) is 0 Å². The van der Waals surface area contributed by atoms with Gasteiger partial charge in [-0.25, -0.2) is 4.98 Å². The molecule has 2 rings (SSSR count). The molecule has 76 valence electrons. The van der Waals surface area contributed by atoms with Crippen LogP contribution in [0.1, 0.15) is 11.3 Å². The van der Waals surface area contributed by atoms with E-state index in [0.29, 0.717) is 4.77 Å². The molecule has 15 heavy (non-hydrogen) atoms. The van der Waals surface area contributed by atoms with Gasteiger partial charge in [-0.15, -0.1) is 0 Å². The molecule has 3 heteroatoms. The van der Waals surface area contributed by atoms with Gasteiger partial charge < -0.3 is 4.98 Å². The monoisotopic (exact) mass is 216 g/mol. The van der Waals surface area contributed by atoms with Crippen molar-refractivity contribution in [1.82, 2.24) is 9.97 Å². The van der Waals surface area contributed by atoms with Gasteiger partial charge in [-0.3, -0.25) is 0 Å². The van der Waals surface area contributed by atoms with Crippen molar-refractivity contribution in [1.29, 1.82) is 0 Å². The molecule has 1 aromatic heterocycles. The van der Waals surface area contributed by atoms with E-state index in [9.17, 15) is 0 Å². The molecule has 2 aromatic rings. The predicted molar refractivity (Wildman–Crippen MR) is 64.3 cm³/mol. The third kappa shape index (κ3) is 2.30. The second kappa shape index (κ2) is 3.95. The molecule has 0 amide bonds. The highest BCUT2D eigenvalue weighted by molar-refractivity contribution is 7.71. The maximum absolute atomic E-state index is 5.05. The topological polar surface area (TPSA) is 28.7 Å². The Hall–Kier alpha value is -1.48. The molecule has 1 aromatic carbocycles. The highest BCUT2D eigenvalue weighted by Crippen LogP contribution is 2.18. The molecular weight excluding hydrogens is 204 g/mol. The number of nitrogens with zero attached hydrogens (tertiary/aromatic N) is 1. The van der Waals surface area contributed by atoms with E-state index in [1.165, 1.54) is 5.56 Å². The lowest BCUT2D eigenvalue weighted by molar-refractivity contribution is 1.08. The predicted octanol–water partition coefficient (Wildman–Crippen LogP) is 3.42. The fourth-order valence-corrected chi connectivity index (χ4v) is 1.79. The number of aryl methyl sites for hydroxylation is 2. The molecule has 0 saturated heterocycles. The van der Waals surface area contributed by atoms with Crippen molar-refractivity contribution in [3.8, 4) is 11.3 Å². The van der Waals surface area contributed by atoms with E-state index in [1.807, 2.05) is 25.1 Å². The van der Waals surface area contributed by atoms with Gasteiger partial charge in [0.2, 0.25) is 0 Å². The zero-order chi connectivity index (χ0) is 10.8. The highest BCUT2D eigenvalue weighted by Gasteiger charge is 2.00. The molecule has 0 bridgehead atoms. The van der Waals surface area contributed by atoms with Gasteiger partial charge in [0.25, 0.3) is 0 Å². The SMILES string of the molecule is Cc1cccc(-c2cc(C)[nH]c(=S)n2)c1. The molecule has 0 spiro atoms. The number of hydrogen-bond acceptors (Lipinski definition) is 2. The largest absolute Gasteiger partial charge is 0.335 e. The summed E-state index contributed by atoms with van der Waals surface area (Å²) in [6.45, 7) is 4.05. The van der Waals surface area contributed by atoms with Gasteiger partial charge >= 0.3 is 0 Å². The second-order valence-corrected chi connectivity index (χ2v) is 4.01. The fourth-order valence-electron chi connectivity index (χ4n) is 1.53. The van der Waals surface area contributed by atoms with E-state index < -0.39 is 0 Å². The molecule has 0 aliphatic carbocycles. The van der Waals surface area contributed by atoms with E-state index in [2.05, 4.69) is 29.0 Å². The first kappa shape index (κ1) is 10.1. The van der Waals surface area contributed by atoms with Crippen molar-refractivity contribution < 1.29 is 0 Å². The summed E-state index contributed by atoms with van der Waals surface area (Å²) in [6, 6.07) is 10.3. The summed E-state index contributed by atoms with van der Waals surface area (Å²) in [5.41, 5.74) is 4.30. The van der Waals surface area contributed by atoms with Gasteiger partial charge in [0.15, 0.2) is 4.77 Å². The van der Waals surface area contributed by atoms with Crippen molar-refractivity contribution >= 4 is 12.2 Å². The molecule has 0 saturated carbocycles. The van der Waals surface area contributed by atoms with Gasteiger partial charge in [-0.05, 0) is 38.2 Å². The van der Waals surface area contributed by atoms with Crippen molar-refractivity contribution in [3.63, 3.8) is 0 Å². The zero-order valence-corrected chi connectivity index (χ0v) is 9.56. The van der Waals surface area contributed by atoms with Crippen molar-refractivity contribution in [2.75, 3.05) is 0 Å². The van der Waals surface area contributed by atoms with Crippen LogP contribution in [-0.2, 0) is 0 Å². The summed E-state index contributed by atoms with van der Waals surface area (Å²) >= 11 is 5.05. The van der Waals surface area contributed by atoms with Crippen LogP contribution < -0.4 is 0 Å². The van der Waals surface area contributed by atoms with E-state index >= 15 is 0 Å². The van der Waals surface area contributed by atoms with Crippen LogP contribution in [0, 0.1) is 18.6 Å². The summed E-state index contributed by atoms with van der Waals surface area (Å²) in [6.07, 6.45) is 0. The zero-order valence-electron chi connectivity index (χ0n) is 8.74. The van der Waals surface area contributed by atoms with Crippen LogP contribution >= 0.6 is 12.2 Å². The van der Waals surface area contributed by atoms with Crippen LogP contribution in [0.2, 0.25) is 0 Å². The van der Waals surface area contributed by atoms with E-state index in [4.69, 9.17) is 12.2 Å². The van der Waals surface area contributed by atoms with Crippen LogP contribution in [0.5, 0.6) is 0 Å². The Morgan fingerprint density at radius 1 is 1.20 bits per heavy atom. The van der Waals surface area contributed by atoms with Gasteiger partial charge in [-0.2, -0.15) is 0 Å². The number of hydrogen-bond donors (Lipinski definition) is 1. The number of aromatic amines is 1. The maximum atomic E-state index is 5.05. The van der Waals surface area contributed by atoms with Gasteiger partial charge in [0.1, 0.15) is 0 Å². The normalized spacial score (nSPS) is 10.3. The number of benzene rings is 1. The van der Waals surface area contributed by atoms with E-state index in [-0.39, 0.29) is 0 Å². The standard InChI is InChI=1S/C12H12N2S/c1-8-4-3-5-10(6-8)11-7-9(2)13-12(15)14-11/h3-7H,1-2H3,(H,13,14,15). The third-order valence-corrected chi connectivity index (χ3v) is 2.39. The first-order valence-corrected chi connectivity index (χ1v) is 5.21. The van der Waals surface area contributed by atoms with Crippen molar-refractivity contribution in [2.24, 2.45) is 0 Å². The minimum atomic E-state index is 0.534. The molecule has 0 aliphatic rings. The molecule has 1 heterocycles. The fraction of sp³-hybridized carbons (Fsp3) is 0.167. The van der Waals surface area contributed by atoms with Crippen LogP contribution in [0.15, 0.2) is 30.3 Å². The Labute approximate surface area is 94.0 Å². The molecule has 0 atom stereocenters. The van der Waals surface area contributed by atoms with Crippen LogP contribution in [0.3, 0.4) is 0 Å². The minimum Gasteiger partial charge on any atom is -0.335 e. The average Bonchev–Trinajstić information content (AvgIpc) is 2.16. The molecule has 0 unspecified atom stereocenters. The summed E-state index contributed by atoms with van der Waals surface area (Å²) in [5, 5.41) is 0. The van der Waals surface area contributed by atoms with Crippen LogP contribution in [-0.4, -0.2) is 9.97 Å². The summed E-state index contributed by atoms with van der Waals surface area (Å²) < 4.78 is 0.534. The van der Waals surface area contributed by atoms with Crippen molar-refractivity contribution in [2.45, 2.75) is 13.8 Å². The quantitative estimate of drug-likeness (QED) is 0.740. The number of aromatic nitrogens is 2. The summed E-state index contributed by atoms with van der Waals surface area (Å²) in [4.78, 5) is 7.30. The molecule has 0 radical (unpaired) electrons. The van der Waals surface area contributed by atoms with Crippen LogP contribution in [0.4, 0.5) is 0 Å². The molecule has 0 aliphatic heterocycles. The maximum Gasteiger partial charge on any atom is 0.197 e. The van der Waals surface area contributed by atoms with E-state index in [0.717, 1.165) is 17.0 Å². The lowest BCUT2D eigenvalue weighted by Gasteiger charge is -2.03.